The highest BCUT2D eigenvalue weighted by molar-refractivity contribution is 6.31. The summed E-state index contributed by atoms with van der Waals surface area (Å²) in [4.78, 5) is 13.4. The Kier molecular flexibility index (Phi) is 3.65. The molecule has 6 nitrogen and oxygen atoms in total. The van der Waals surface area contributed by atoms with Crippen molar-refractivity contribution < 1.29 is 9.90 Å². The summed E-state index contributed by atoms with van der Waals surface area (Å²) in [6, 6.07) is 6.86. The van der Waals surface area contributed by atoms with Crippen molar-refractivity contribution in [3.63, 3.8) is 0 Å². The fourth-order valence-electron chi connectivity index (χ4n) is 2.61. The van der Waals surface area contributed by atoms with Gasteiger partial charge < -0.3 is 9.67 Å². The minimum absolute atomic E-state index is 0.355. The molecule has 0 saturated carbocycles. The summed E-state index contributed by atoms with van der Waals surface area (Å²) in [7, 11) is 0. The van der Waals surface area contributed by atoms with E-state index in [2.05, 4.69) is 10.2 Å². The lowest BCUT2D eigenvalue weighted by Gasteiger charge is -2.33. The molecular formula is C14H15ClN4O2. The zero-order chi connectivity index (χ0) is 15.0. The first kappa shape index (κ1) is 14.0. The number of aliphatic carboxylic acids is 1. The van der Waals surface area contributed by atoms with Crippen LogP contribution in [0.3, 0.4) is 0 Å². The van der Waals surface area contributed by atoms with Crippen molar-refractivity contribution in [2.24, 2.45) is 0 Å². The third kappa shape index (κ3) is 2.64. The van der Waals surface area contributed by atoms with Crippen molar-refractivity contribution in [3.05, 3.63) is 46.5 Å². The lowest BCUT2D eigenvalue weighted by molar-refractivity contribution is -0.145. The molecule has 1 atom stereocenters. The van der Waals surface area contributed by atoms with Crippen molar-refractivity contribution in [1.29, 1.82) is 0 Å². The molecule has 1 unspecified atom stereocenters. The molecule has 1 N–H and O–H groups in total. The fraction of sp³-hybridized carbons (Fsp3) is 0.357. The Balaban J connectivity index is 1.90. The molecule has 0 radical (unpaired) electrons. The maximum atomic E-state index is 11.6. The van der Waals surface area contributed by atoms with Crippen molar-refractivity contribution in [2.75, 3.05) is 0 Å². The van der Waals surface area contributed by atoms with Gasteiger partial charge in [0.25, 0.3) is 0 Å². The quantitative estimate of drug-likeness (QED) is 0.934. The molecule has 2 heterocycles. The van der Waals surface area contributed by atoms with Gasteiger partial charge in [-0.25, -0.2) is 0 Å². The number of hydrogen-bond acceptors (Lipinski definition) is 4. The van der Waals surface area contributed by atoms with Crippen LogP contribution in [0.4, 0.5) is 0 Å². The van der Waals surface area contributed by atoms with Crippen molar-refractivity contribution in [1.82, 2.24) is 19.7 Å². The van der Waals surface area contributed by atoms with Gasteiger partial charge >= 0.3 is 5.97 Å². The van der Waals surface area contributed by atoms with E-state index in [9.17, 15) is 9.90 Å². The van der Waals surface area contributed by atoms with Gasteiger partial charge in [0.15, 0.2) is 0 Å². The van der Waals surface area contributed by atoms with Crippen molar-refractivity contribution >= 4 is 17.6 Å². The summed E-state index contributed by atoms with van der Waals surface area (Å²) < 4.78 is 1.86. The zero-order valence-electron chi connectivity index (χ0n) is 11.5. The first-order chi connectivity index (χ1) is 10.1. The monoisotopic (exact) mass is 306 g/mol. The Morgan fingerprint density at radius 1 is 1.43 bits per heavy atom. The standard InChI is InChI=1S/C14H15ClN4O2/c1-9-16-17-13-8-18(12(14(20)21)7-19(9)13)6-10-4-2-3-5-11(10)15/h2-5,12H,6-8H2,1H3,(H,20,21). The number of rotatable bonds is 3. The molecule has 0 saturated heterocycles. The van der Waals surface area contributed by atoms with E-state index in [1.165, 1.54) is 0 Å². The van der Waals surface area contributed by atoms with Gasteiger partial charge in [0.1, 0.15) is 17.7 Å². The summed E-state index contributed by atoms with van der Waals surface area (Å²) >= 11 is 6.17. The average molecular weight is 307 g/mol. The van der Waals surface area contributed by atoms with E-state index >= 15 is 0 Å². The summed E-state index contributed by atoms with van der Waals surface area (Å²) in [6.45, 7) is 3.11. The third-order valence-corrected chi connectivity index (χ3v) is 4.14. The molecule has 0 bridgehead atoms. The summed E-state index contributed by atoms with van der Waals surface area (Å²) in [5.74, 6) is 0.687. The van der Waals surface area contributed by atoms with Crippen molar-refractivity contribution in [3.8, 4) is 0 Å². The molecule has 2 aromatic rings. The van der Waals surface area contributed by atoms with E-state index in [-0.39, 0.29) is 0 Å². The first-order valence-corrected chi connectivity index (χ1v) is 7.03. The van der Waals surface area contributed by atoms with Crippen LogP contribution in [0.1, 0.15) is 17.2 Å². The number of carbonyl (C=O) groups is 1. The number of fused-ring (bicyclic) bond motifs is 1. The molecule has 1 aromatic heterocycles. The van der Waals surface area contributed by atoms with E-state index in [0.29, 0.717) is 24.7 Å². The highest BCUT2D eigenvalue weighted by atomic mass is 35.5. The van der Waals surface area contributed by atoms with Crippen LogP contribution in [-0.2, 0) is 24.4 Å². The lowest BCUT2D eigenvalue weighted by atomic mass is 10.1. The van der Waals surface area contributed by atoms with E-state index in [4.69, 9.17) is 11.6 Å². The van der Waals surface area contributed by atoms with Gasteiger partial charge in [0, 0.05) is 11.6 Å². The maximum Gasteiger partial charge on any atom is 0.322 e. The second-order valence-electron chi connectivity index (χ2n) is 5.12. The smallest absolute Gasteiger partial charge is 0.322 e. The van der Waals surface area contributed by atoms with Crippen LogP contribution in [0.2, 0.25) is 5.02 Å². The lowest BCUT2D eigenvalue weighted by Crippen LogP contribution is -2.47. The average Bonchev–Trinajstić information content (AvgIpc) is 2.81. The number of carboxylic acid groups (broad SMARTS) is 1. The molecule has 0 aliphatic carbocycles. The maximum absolute atomic E-state index is 11.6. The summed E-state index contributed by atoms with van der Waals surface area (Å²) in [5, 5.41) is 18.3. The SMILES string of the molecule is Cc1nnc2n1CC(C(=O)O)N(Cc1ccccc1Cl)C2. The van der Waals surface area contributed by atoms with Crippen LogP contribution in [0.5, 0.6) is 0 Å². The zero-order valence-corrected chi connectivity index (χ0v) is 12.3. The van der Waals surface area contributed by atoms with Gasteiger partial charge in [-0.2, -0.15) is 0 Å². The first-order valence-electron chi connectivity index (χ1n) is 6.65. The molecule has 1 aliphatic rings. The Labute approximate surface area is 127 Å². The molecule has 0 fully saturated rings. The van der Waals surface area contributed by atoms with E-state index in [1.807, 2.05) is 40.7 Å². The number of carboxylic acids is 1. The highest BCUT2D eigenvalue weighted by Crippen LogP contribution is 2.23. The predicted octanol–water partition coefficient (Wildman–Crippen LogP) is 1.71. The van der Waals surface area contributed by atoms with Crippen LogP contribution in [0.25, 0.3) is 0 Å². The number of benzene rings is 1. The van der Waals surface area contributed by atoms with Crippen LogP contribution < -0.4 is 0 Å². The summed E-state index contributed by atoms with van der Waals surface area (Å²) in [6.07, 6.45) is 0. The predicted molar refractivity (Wildman–Crippen MR) is 76.9 cm³/mol. The Morgan fingerprint density at radius 3 is 2.90 bits per heavy atom. The molecule has 21 heavy (non-hydrogen) atoms. The normalized spacial score (nSPS) is 18.5. The molecule has 1 aliphatic heterocycles. The molecule has 0 spiro atoms. The second kappa shape index (κ2) is 5.46. The van der Waals surface area contributed by atoms with Crippen LogP contribution >= 0.6 is 11.6 Å². The largest absolute Gasteiger partial charge is 0.480 e. The topological polar surface area (TPSA) is 71.2 Å². The molecule has 3 rings (SSSR count). The number of halogens is 1. The fourth-order valence-corrected chi connectivity index (χ4v) is 2.80. The van der Waals surface area contributed by atoms with Gasteiger partial charge in [-0.1, -0.05) is 29.8 Å². The van der Waals surface area contributed by atoms with Gasteiger partial charge in [0.05, 0.1) is 13.1 Å². The third-order valence-electron chi connectivity index (χ3n) is 3.77. The number of nitrogens with zero attached hydrogens (tertiary/aromatic N) is 4. The van der Waals surface area contributed by atoms with Crippen LogP contribution in [0.15, 0.2) is 24.3 Å². The number of hydrogen-bond donors (Lipinski definition) is 1. The van der Waals surface area contributed by atoms with Gasteiger partial charge in [0.2, 0.25) is 0 Å². The molecule has 110 valence electrons. The second-order valence-corrected chi connectivity index (χ2v) is 5.53. The highest BCUT2D eigenvalue weighted by Gasteiger charge is 2.33. The molecular weight excluding hydrogens is 292 g/mol. The summed E-state index contributed by atoms with van der Waals surface area (Å²) in [5.41, 5.74) is 0.912. The van der Waals surface area contributed by atoms with E-state index in [0.717, 1.165) is 17.2 Å². The van der Waals surface area contributed by atoms with Crippen LogP contribution in [-0.4, -0.2) is 36.8 Å². The van der Waals surface area contributed by atoms with Crippen LogP contribution in [0, 0.1) is 6.92 Å². The molecule has 0 amide bonds. The number of aromatic nitrogens is 3. The minimum atomic E-state index is -0.846. The Morgan fingerprint density at radius 2 is 2.19 bits per heavy atom. The van der Waals surface area contributed by atoms with Gasteiger partial charge in [-0.05, 0) is 18.6 Å². The van der Waals surface area contributed by atoms with Gasteiger partial charge in [-0.15, -0.1) is 10.2 Å². The van der Waals surface area contributed by atoms with Crippen molar-refractivity contribution in [2.45, 2.75) is 32.6 Å². The van der Waals surface area contributed by atoms with E-state index < -0.39 is 12.0 Å². The van der Waals surface area contributed by atoms with E-state index in [1.54, 1.807) is 0 Å². The Hall–Kier alpha value is -1.92. The van der Waals surface area contributed by atoms with Gasteiger partial charge in [-0.3, -0.25) is 9.69 Å². The molecule has 7 heteroatoms. The number of aryl methyl sites for hydroxylation is 1. The molecule has 1 aromatic carbocycles. The Bertz CT molecular complexity index is 685. The minimum Gasteiger partial charge on any atom is -0.480 e.